The molecule has 0 bridgehead atoms. The Labute approximate surface area is 153 Å². The average molecular weight is 347 g/mol. The summed E-state index contributed by atoms with van der Waals surface area (Å²) < 4.78 is 0. The van der Waals surface area contributed by atoms with E-state index >= 15 is 0 Å². The predicted octanol–water partition coefficient (Wildman–Crippen LogP) is 3.59. The number of carbonyl (C=O) groups is 2. The molecule has 26 heavy (non-hydrogen) atoms. The Morgan fingerprint density at radius 3 is 2.15 bits per heavy atom. The highest BCUT2D eigenvalue weighted by atomic mass is 16.2. The number of amides is 2. The maximum Gasteiger partial charge on any atom is 0.269 e. The summed E-state index contributed by atoms with van der Waals surface area (Å²) in [6, 6.07) is 10.9. The highest BCUT2D eigenvalue weighted by Crippen LogP contribution is 2.18. The number of benzene rings is 1. The minimum absolute atomic E-state index is 0.384. The van der Waals surface area contributed by atoms with Crippen LogP contribution in [-0.2, 0) is 4.79 Å². The van der Waals surface area contributed by atoms with Gasteiger partial charge in [0.1, 0.15) is 0 Å². The van der Waals surface area contributed by atoms with Gasteiger partial charge in [-0.15, -0.1) is 0 Å². The molecule has 2 rings (SSSR count). The lowest BCUT2D eigenvalue weighted by Gasteiger charge is -2.08. The van der Waals surface area contributed by atoms with E-state index in [4.69, 9.17) is 0 Å². The largest absolute Gasteiger partial charge is 0.269 e. The summed E-state index contributed by atoms with van der Waals surface area (Å²) in [6.07, 6.45) is 12.1. The summed E-state index contributed by atoms with van der Waals surface area (Å²) in [5, 5.41) is 0. The molecule has 0 radical (unpaired) electrons. The molecule has 1 aromatic heterocycles. The van der Waals surface area contributed by atoms with Gasteiger partial charge in [0.2, 0.25) is 0 Å². The molecule has 0 aliphatic rings. The Morgan fingerprint density at radius 2 is 1.54 bits per heavy atom. The number of hydrazine groups is 1. The molecule has 132 valence electrons. The number of nitrogens with one attached hydrogen (secondary N) is 2. The molecule has 5 heteroatoms. The van der Waals surface area contributed by atoms with Crippen LogP contribution in [0.4, 0.5) is 0 Å². The number of hydrogen-bond donors (Lipinski definition) is 2. The zero-order valence-electron chi connectivity index (χ0n) is 14.8. The van der Waals surface area contributed by atoms with Crippen LogP contribution in [0.25, 0.3) is 11.1 Å². The Bertz CT molecular complexity index is 835. The molecule has 2 amide bonds. The van der Waals surface area contributed by atoms with Gasteiger partial charge in [-0.05, 0) is 55.3 Å². The van der Waals surface area contributed by atoms with Gasteiger partial charge < -0.3 is 0 Å². The van der Waals surface area contributed by atoms with Crippen molar-refractivity contribution in [2.45, 2.75) is 13.8 Å². The summed E-state index contributed by atoms with van der Waals surface area (Å²) in [7, 11) is 0. The van der Waals surface area contributed by atoms with Crippen LogP contribution in [0.5, 0.6) is 0 Å². The van der Waals surface area contributed by atoms with Gasteiger partial charge in [0.05, 0.1) is 0 Å². The van der Waals surface area contributed by atoms with Gasteiger partial charge in [-0.25, -0.2) is 0 Å². The fraction of sp³-hybridized carbons (Fsp3) is 0.0952. The van der Waals surface area contributed by atoms with E-state index in [1.807, 2.05) is 44.2 Å². The van der Waals surface area contributed by atoms with Crippen molar-refractivity contribution in [3.63, 3.8) is 0 Å². The van der Waals surface area contributed by atoms with Crippen molar-refractivity contribution in [1.82, 2.24) is 15.8 Å². The first-order chi connectivity index (χ1) is 12.7. The molecule has 0 spiro atoms. The van der Waals surface area contributed by atoms with Crippen molar-refractivity contribution >= 4 is 11.8 Å². The second-order valence-electron chi connectivity index (χ2n) is 5.37. The number of aromatic nitrogens is 1. The minimum atomic E-state index is -0.386. The Morgan fingerprint density at radius 1 is 0.885 bits per heavy atom. The van der Waals surface area contributed by atoms with Crippen LogP contribution >= 0.6 is 0 Å². The predicted molar refractivity (Wildman–Crippen MR) is 103 cm³/mol. The number of pyridine rings is 1. The molecule has 1 heterocycles. The molecule has 0 fully saturated rings. The van der Waals surface area contributed by atoms with Crippen LogP contribution in [0.15, 0.2) is 84.7 Å². The molecule has 2 aromatic rings. The van der Waals surface area contributed by atoms with Crippen LogP contribution in [-0.4, -0.2) is 16.8 Å². The quantitative estimate of drug-likeness (QED) is 0.493. The highest BCUT2D eigenvalue weighted by molar-refractivity contribution is 6.00. The summed E-state index contributed by atoms with van der Waals surface area (Å²) in [5.74, 6) is -0.770. The van der Waals surface area contributed by atoms with E-state index in [0.29, 0.717) is 11.1 Å². The van der Waals surface area contributed by atoms with E-state index in [9.17, 15) is 9.59 Å². The van der Waals surface area contributed by atoms with Crippen molar-refractivity contribution < 1.29 is 9.59 Å². The van der Waals surface area contributed by atoms with Crippen LogP contribution < -0.4 is 10.9 Å². The van der Waals surface area contributed by atoms with Crippen molar-refractivity contribution in [3.8, 4) is 11.1 Å². The van der Waals surface area contributed by atoms with Crippen molar-refractivity contribution in [2.75, 3.05) is 0 Å². The lowest BCUT2D eigenvalue weighted by atomic mass is 10.1. The molecular formula is C21H21N3O2. The number of nitrogens with zero attached hydrogens (tertiary/aromatic N) is 1. The number of allylic oxidation sites excluding steroid dienone is 4. The van der Waals surface area contributed by atoms with Crippen LogP contribution in [0.2, 0.25) is 0 Å². The Hall–Kier alpha value is -3.47. The van der Waals surface area contributed by atoms with Gasteiger partial charge in [0, 0.05) is 23.5 Å². The topological polar surface area (TPSA) is 71.1 Å². The molecule has 0 unspecified atom stereocenters. The molecule has 5 nitrogen and oxygen atoms in total. The first kappa shape index (κ1) is 18.9. The van der Waals surface area contributed by atoms with Crippen LogP contribution in [0.1, 0.15) is 24.2 Å². The lowest BCUT2D eigenvalue weighted by Crippen LogP contribution is -2.42. The van der Waals surface area contributed by atoms with Gasteiger partial charge in [-0.2, -0.15) is 0 Å². The normalized spacial score (nSPS) is 11.7. The van der Waals surface area contributed by atoms with E-state index in [2.05, 4.69) is 15.8 Å². The fourth-order valence-corrected chi connectivity index (χ4v) is 2.20. The molecule has 2 N–H and O–H groups in total. The van der Waals surface area contributed by atoms with Crippen molar-refractivity contribution in [3.05, 3.63) is 90.3 Å². The molecule has 1 aromatic carbocycles. The number of hydrogen-bond acceptors (Lipinski definition) is 3. The molecule has 0 aliphatic heterocycles. The first-order valence-electron chi connectivity index (χ1n) is 8.22. The zero-order valence-corrected chi connectivity index (χ0v) is 14.8. The monoisotopic (exact) mass is 347 g/mol. The maximum absolute atomic E-state index is 12.2. The lowest BCUT2D eigenvalue weighted by molar-refractivity contribution is -0.117. The minimum Gasteiger partial charge on any atom is -0.267 e. The van der Waals surface area contributed by atoms with Crippen molar-refractivity contribution in [1.29, 1.82) is 0 Å². The molecular weight excluding hydrogens is 326 g/mol. The van der Waals surface area contributed by atoms with E-state index in [1.165, 1.54) is 0 Å². The third-order valence-corrected chi connectivity index (χ3v) is 3.53. The summed E-state index contributed by atoms with van der Waals surface area (Å²) in [5.41, 5.74) is 7.75. The Balaban J connectivity index is 2.00. The fourth-order valence-electron chi connectivity index (χ4n) is 2.20. The Kier molecular flexibility index (Phi) is 7.06. The molecule has 0 atom stereocenters. The highest BCUT2D eigenvalue weighted by Gasteiger charge is 2.09. The zero-order chi connectivity index (χ0) is 18.8. The van der Waals surface area contributed by atoms with Crippen LogP contribution in [0, 0.1) is 0 Å². The van der Waals surface area contributed by atoms with Gasteiger partial charge in [-0.1, -0.05) is 36.4 Å². The first-order valence-corrected chi connectivity index (χ1v) is 8.22. The second kappa shape index (κ2) is 9.74. The van der Waals surface area contributed by atoms with E-state index in [0.717, 1.165) is 11.1 Å². The van der Waals surface area contributed by atoms with Gasteiger partial charge in [-0.3, -0.25) is 25.4 Å². The molecule has 0 saturated heterocycles. The maximum atomic E-state index is 12.2. The van der Waals surface area contributed by atoms with Crippen molar-refractivity contribution in [2.24, 2.45) is 0 Å². The summed E-state index contributed by atoms with van der Waals surface area (Å²) in [6.45, 7) is 3.68. The third-order valence-electron chi connectivity index (χ3n) is 3.53. The van der Waals surface area contributed by atoms with E-state index in [-0.39, 0.29) is 11.8 Å². The average Bonchev–Trinajstić information content (AvgIpc) is 2.69. The summed E-state index contributed by atoms with van der Waals surface area (Å²) >= 11 is 0. The van der Waals surface area contributed by atoms with Gasteiger partial charge in [0.15, 0.2) is 0 Å². The standard InChI is InChI=1S/C21H21N3O2/c1-3-5-7-18(6-4-2)20(25)23-24-21(26)19-10-8-16(9-11-19)17-12-14-22-15-13-17/h3-15H,1-2H3,(H,23,25)(H,24,26)/b5-3+,6-4-,18-7+. The van der Waals surface area contributed by atoms with Gasteiger partial charge >= 0.3 is 0 Å². The summed E-state index contributed by atoms with van der Waals surface area (Å²) in [4.78, 5) is 28.3. The van der Waals surface area contributed by atoms with E-state index in [1.54, 1.807) is 48.8 Å². The van der Waals surface area contributed by atoms with E-state index < -0.39 is 0 Å². The number of carbonyl (C=O) groups excluding carboxylic acids is 2. The van der Waals surface area contributed by atoms with Gasteiger partial charge in [0.25, 0.3) is 11.8 Å². The molecule has 0 saturated carbocycles. The SMILES string of the molecule is C\C=C/C(=C\C=C\C)C(=O)NNC(=O)c1ccc(-c2ccncc2)cc1. The third kappa shape index (κ3) is 5.27. The molecule has 0 aliphatic carbocycles. The van der Waals surface area contributed by atoms with Crippen LogP contribution in [0.3, 0.4) is 0 Å². The smallest absolute Gasteiger partial charge is 0.267 e. The second-order valence-corrected chi connectivity index (χ2v) is 5.37. The number of rotatable bonds is 5.